The maximum atomic E-state index is 12.6. The number of carbonyl (C=O) groups is 1. The van der Waals surface area contributed by atoms with Crippen molar-refractivity contribution in [1.29, 1.82) is 0 Å². The van der Waals surface area contributed by atoms with Crippen LogP contribution >= 0.6 is 11.6 Å². The average molecular weight is 398 g/mol. The highest BCUT2D eigenvalue weighted by Crippen LogP contribution is 2.24. The molecule has 3 rings (SSSR count). The Morgan fingerprint density at radius 1 is 1.21 bits per heavy atom. The summed E-state index contributed by atoms with van der Waals surface area (Å²) in [7, 11) is 0. The predicted octanol–water partition coefficient (Wildman–Crippen LogP) is 4.93. The molecule has 0 spiro atoms. The number of nitrogens with zero attached hydrogens (tertiary/aromatic N) is 2. The molecule has 0 saturated heterocycles. The molecule has 0 aliphatic rings. The summed E-state index contributed by atoms with van der Waals surface area (Å²) in [5.41, 5.74) is 3.53. The monoisotopic (exact) mass is 397 g/mol. The Bertz CT molecular complexity index is 951. The first-order valence-electron chi connectivity index (χ1n) is 9.29. The van der Waals surface area contributed by atoms with E-state index in [9.17, 15) is 4.79 Å². The molecule has 0 aliphatic heterocycles. The van der Waals surface area contributed by atoms with Crippen LogP contribution in [0, 0.1) is 6.92 Å². The van der Waals surface area contributed by atoms with Crippen molar-refractivity contribution in [3.63, 3.8) is 0 Å². The quantitative estimate of drug-likeness (QED) is 0.614. The van der Waals surface area contributed by atoms with Gasteiger partial charge in [-0.05, 0) is 50.6 Å². The van der Waals surface area contributed by atoms with Gasteiger partial charge >= 0.3 is 0 Å². The molecule has 0 radical (unpaired) electrons. The lowest BCUT2D eigenvalue weighted by Gasteiger charge is -2.14. The molecular formula is C22H24ClN3O2. The fraction of sp³-hybridized carbons (Fsp3) is 0.273. The van der Waals surface area contributed by atoms with E-state index in [1.807, 2.05) is 62.0 Å². The van der Waals surface area contributed by atoms with Gasteiger partial charge in [0.2, 0.25) is 0 Å². The van der Waals surface area contributed by atoms with Crippen molar-refractivity contribution < 1.29 is 9.53 Å². The molecular weight excluding hydrogens is 374 g/mol. The van der Waals surface area contributed by atoms with Gasteiger partial charge < -0.3 is 10.1 Å². The van der Waals surface area contributed by atoms with E-state index in [2.05, 4.69) is 10.4 Å². The first-order valence-corrected chi connectivity index (χ1v) is 9.66. The highest BCUT2D eigenvalue weighted by molar-refractivity contribution is 6.32. The van der Waals surface area contributed by atoms with Crippen molar-refractivity contribution >= 4 is 17.5 Å². The van der Waals surface area contributed by atoms with Gasteiger partial charge in [0.1, 0.15) is 12.4 Å². The van der Waals surface area contributed by atoms with Gasteiger partial charge in [-0.25, -0.2) is 0 Å². The Balaban J connectivity index is 1.60. The Labute approximate surface area is 170 Å². The number of hydrogen-bond acceptors (Lipinski definition) is 3. The number of carbonyl (C=O) groups excluding carboxylic acids is 1. The molecule has 1 N–H and O–H groups in total. The zero-order chi connectivity index (χ0) is 20.1. The maximum Gasteiger partial charge on any atom is 0.251 e. The summed E-state index contributed by atoms with van der Waals surface area (Å²) in [5.74, 6) is 0.525. The summed E-state index contributed by atoms with van der Waals surface area (Å²) >= 11 is 6.09. The standard InChI is InChI=1S/C22H24ClN3O2/c1-4-26-13-19(16(3)25-26)15(2)24-22(27)18-11-9-17(10-12-18)14-28-21-8-6-5-7-20(21)23/h5-13,15H,4,14H2,1-3H3,(H,24,27). The summed E-state index contributed by atoms with van der Waals surface area (Å²) in [4.78, 5) is 12.6. The second kappa shape index (κ2) is 8.93. The molecule has 6 heteroatoms. The number of amides is 1. The Morgan fingerprint density at radius 2 is 1.93 bits per heavy atom. The lowest BCUT2D eigenvalue weighted by Crippen LogP contribution is -2.26. The number of hydrogen-bond donors (Lipinski definition) is 1. The van der Waals surface area contributed by atoms with Crippen LogP contribution in [0.1, 0.15) is 47.1 Å². The highest BCUT2D eigenvalue weighted by Gasteiger charge is 2.16. The lowest BCUT2D eigenvalue weighted by molar-refractivity contribution is 0.0939. The van der Waals surface area contributed by atoms with E-state index in [1.54, 1.807) is 18.2 Å². The van der Waals surface area contributed by atoms with Crippen LogP contribution in [-0.4, -0.2) is 15.7 Å². The minimum absolute atomic E-state index is 0.115. The molecule has 28 heavy (non-hydrogen) atoms. The number of rotatable bonds is 7. The summed E-state index contributed by atoms with van der Waals surface area (Å²) in [6.07, 6.45) is 1.98. The van der Waals surface area contributed by atoms with Crippen molar-refractivity contribution in [3.8, 4) is 5.75 Å². The normalized spacial score (nSPS) is 11.9. The molecule has 1 heterocycles. The predicted molar refractivity (Wildman–Crippen MR) is 111 cm³/mol. The Morgan fingerprint density at radius 3 is 2.57 bits per heavy atom. The molecule has 1 atom stereocenters. The fourth-order valence-corrected chi connectivity index (χ4v) is 3.14. The second-order valence-electron chi connectivity index (χ2n) is 6.64. The summed E-state index contributed by atoms with van der Waals surface area (Å²) in [6, 6.07) is 14.6. The zero-order valence-electron chi connectivity index (χ0n) is 16.3. The third kappa shape index (κ3) is 4.73. The fourth-order valence-electron chi connectivity index (χ4n) is 2.95. The summed E-state index contributed by atoms with van der Waals surface area (Å²) in [6.45, 7) is 7.15. The molecule has 0 fully saturated rings. The Hall–Kier alpha value is -2.79. The van der Waals surface area contributed by atoms with Crippen LogP contribution in [0.25, 0.3) is 0 Å². The van der Waals surface area contributed by atoms with Gasteiger partial charge in [0.15, 0.2) is 0 Å². The van der Waals surface area contributed by atoms with Crippen LogP contribution in [0.2, 0.25) is 5.02 Å². The van der Waals surface area contributed by atoms with Crippen molar-refractivity contribution in [2.24, 2.45) is 0 Å². The number of benzene rings is 2. The van der Waals surface area contributed by atoms with Gasteiger partial charge in [0.25, 0.3) is 5.91 Å². The summed E-state index contributed by atoms with van der Waals surface area (Å²) in [5, 5.41) is 8.05. The van der Waals surface area contributed by atoms with Crippen molar-refractivity contribution in [2.45, 2.75) is 40.0 Å². The number of ether oxygens (including phenoxy) is 1. The van der Waals surface area contributed by atoms with E-state index in [0.29, 0.717) is 22.9 Å². The molecule has 5 nitrogen and oxygen atoms in total. The van der Waals surface area contributed by atoms with Crippen LogP contribution in [0.5, 0.6) is 5.75 Å². The van der Waals surface area contributed by atoms with Crippen LogP contribution in [-0.2, 0) is 13.2 Å². The van der Waals surface area contributed by atoms with E-state index in [-0.39, 0.29) is 11.9 Å². The molecule has 1 amide bonds. The molecule has 1 aromatic heterocycles. The molecule has 0 bridgehead atoms. The second-order valence-corrected chi connectivity index (χ2v) is 7.04. The van der Waals surface area contributed by atoms with E-state index in [4.69, 9.17) is 16.3 Å². The minimum atomic E-state index is -0.116. The third-order valence-corrected chi connectivity index (χ3v) is 4.88. The maximum absolute atomic E-state index is 12.6. The van der Waals surface area contributed by atoms with Gasteiger partial charge in [0.05, 0.1) is 16.8 Å². The van der Waals surface area contributed by atoms with Gasteiger partial charge in [-0.2, -0.15) is 5.10 Å². The number of para-hydroxylation sites is 1. The number of aryl methyl sites for hydroxylation is 2. The summed E-state index contributed by atoms with van der Waals surface area (Å²) < 4.78 is 7.61. The van der Waals surface area contributed by atoms with E-state index in [1.165, 1.54) is 0 Å². The van der Waals surface area contributed by atoms with Gasteiger partial charge in [-0.1, -0.05) is 35.9 Å². The van der Waals surface area contributed by atoms with Crippen LogP contribution in [0.3, 0.4) is 0 Å². The molecule has 0 aliphatic carbocycles. The molecule has 1 unspecified atom stereocenters. The van der Waals surface area contributed by atoms with Gasteiger partial charge in [-0.3, -0.25) is 9.48 Å². The highest BCUT2D eigenvalue weighted by atomic mass is 35.5. The SMILES string of the molecule is CCn1cc(C(C)NC(=O)c2ccc(COc3ccccc3Cl)cc2)c(C)n1. The topological polar surface area (TPSA) is 56.2 Å². The first kappa shape index (κ1) is 20.0. The number of aromatic nitrogens is 2. The van der Waals surface area contributed by atoms with Crippen molar-refractivity contribution in [2.75, 3.05) is 0 Å². The van der Waals surface area contributed by atoms with Crippen molar-refractivity contribution in [3.05, 3.63) is 82.1 Å². The lowest BCUT2D eigenvalue weighted by atomic mass is 10.1. The van der Waals surface area contributed by atoms with Gasteiger partial charge in [0, 0.05) is 23.9 Å². The third-order valence-electron chi connectivity index (χ3n) is 4.57. The average Bonchev–Trinajstić information content (AvgIpc) is 3.08. The zero-order valence-corrected chi connectivity index (χ0v) is 17.0. The van der Waals surface area contributed by atoms with E-state index < -0.39 is 0 Å². The molecule has 0 saturated carbocycles. The molecule has 2 aromatic carbocycles. The first-order chi connectivity index (χ1) is 13.5. The largest absolute Gasteiger partial charge is 0.487 e. The molecule has 3 aromatic rings. The minimum Gasteiger partial charge on any atom is -0.487 e. The smallest absolute Gasteiger partial charge is 0.251 e. The van der Waals surface area contributed by atoms with Crippen LogP contribution in [0.4, 0.5) is 0 Å². The van der Waals surface area contributed by atoms with Crippen LogP contribution < -0.4 is 10.1 Å². The van der Waals surface area contributed by atoms with E-state index >= 15 is 0 Å². The van der Waals surface area contributed by atoms with E-state index in [0.717, 1.165) is 23.4 Å². The number of nitrogens with one attached hydrogen (secondary N) is 1. The van der Waals surface area contributed by atoms with Crippen LogP contribution in [0.15, 0.2) is 54.7 Å². The van der Waals surface area contributed by atoms with Crippen molar-refractivity contribution in [1.82, 2.24) is 15.1 Å². The Kier molecular flexibility index (Phi) is 6.37. The van der Waals surface area contributed by atoms with Gasteiger partial charge in [-0.15, -0.1) is 0 Å². The molecule has 146 valence electrons. The number of halogens is 1.